The Hall–Kier alpha value is -1.62. The number of fused-ring (bicyclic) bond motifs is 1. The first-order chi connectivity index (χ1) is 11.1. The molecule has 0 fully saturated rings. The molecule has 1 aromatic rings. The highest BCUT2D eigenvalue weighted by Gasteiger charge is 2.35. The monoisotopic (exact) mass is 395 g/mol. The van der Waals surface area contributed by atoms with Crippen molar-refractivity contribution in [2.75, 3.05) is 33.4 Å². The molecule has 0 radical (unpaired) electrons. The topological polar surface area (TPSA) is 125 Å². The van der Waals surface area contributed by atoms with Crippen molar-refractivity contribution in [3.8, 4) is 11.5 Å². The molecule has 1 heterocycles. The maximum atomic E-state index is 12.8. The van der Waals surface area contributed by atoms with Gasteiger partial charge in [-0.15, -0.1) is 12.4 Å². The van der Waals surface area contributed by atoms with Gasteiger partial charge >= 0.3 is 0 Å². The molecular weight excluding hydrogens is 374 g/mol. The molecule has 0 aliphatic carbocycles. The van der Waals surface area contributed by atoms with Gasteiger partial charge in [0.05, 0.1) is 11.0 Å². The maximum absolute atomic E-state index is 12.8. The molecule has 0 saturated carbocycles. The second-order valence-corrected chi connectivity index (χ2v) is 8.36. The third-order valence-corrected chi connectivity index (χ3v) is 5.54. The van der Waals surface area contributed by atoms with Crippen molar-refractivity contribution in [1.29, 1.82) is 0 Å². The minimum atomic E-state index is -4.09. The molecule has 2 N–H and O–H groups in total. The van der Waals surface area contributed by atoms with E-state index in [1.54, 1.807) is 0 Å². The highest BCUT2D eigenvalue weighted by Crippen LogP contribution is 2.39. The van der Waals surface area contributed by atoms with Crippen LogP contribution in [-0.2, 0) is 10.0 Å². The number of nitro benzene ring substituents is 1. The summed E-state index contributed by atoms with van der Waals surface area (Å²) in [7, 11) is -2.72. The summed E-state index contributed by atoms with van der Waals surface area (Å²) in [6.07, 6.45) is 0. The van der Waals surface area contributed by atoms with Crippen LogP contribution in [0, 0.1) is 15.5 Å². The third kappa shape index (κ3) is 4.51. The summed E-state index contributed by atoms with van der Waals surface area (Å²) in [6, 6.07) is 2.23. The fourth-order valence-corrected chi connectivity index (χ4v) is 3.84. The van der Waals surface area contributed by atoms with E-state index in [0.29, 0.717) is 0 Å². The van der Waals surface area contributed by atoms with Crippen LogP contribution in [0.4, 0.5) is 5.69 Å². The average Bonchev–Trinajstić information content (AvgIpc) is 2.53. The lowest BCUT2D eigenvalue weighted by molar-refractivity contribution is -0.388. The van der Waals surface area contributed by atoms with Crippen molar-refractivity contribution in [3.63, 3.8) is 0 Å². The first-order valence-electron chi connectivity index (χ1n) is 7.33. The van der Waals surface area contributed by atoms with Crippen LogP contribution in [0.5, 0.6) is 11.5 Å². The molecule has 11 heteroatoms. The lowest BCUT2D eigenvalue weighted by Crippen LogP contribution is -2.39. The molecule has 0 unspecified atom stereocenters. The molecular formula is C14H22ClN3O6S. The second kappa shape index (κ2) is 7.73. The number of halogens is 1. The Labute approximate surface area is 152 Å². The van der Waals surface area contributed by atoms with Crippen LogP contribution in [0.25, 0.3) is 0 Å². The standard InChI is InChI=1S/C14H21N3O6S.ClH/c1-14(2,8-15)9-16(3)24(20,21)13-7-12-11(22-4-5-23-12)6-10(13)17(18)19;/h6-7H,4-5,8-9,15H2,1-3H3;1H. The van der Waals surface area contributed by atoms with E-state index in [1.165, 1.54) is 7.05 Å². The van der Waals surface area contributed by atoms with E-state index in [4.69, 9.17) is 15.2 Å². The van der Waals surface area contributed by atoms with Crippen LogP contribution in [0.3, 0.4) is 0 Å². The number of nitrogens with two attached hydrogens (primary N) is 1. The Balaban J connectivity index is 0.00000312. The number of nitro groups is 1. The number of sulfonamides is 1. The predicted octanol–water partition coefficient (Wildman–Crippen LogP) is 1.39. The van der Waals surface area contributed by atoms with Crippen LogP contribution >= 0.6 is 12.4 Å². The van der Waals surface area contributed by atoms with E-state index in [9.17, 15) is 18.5 Å². The number of benzene rings is 1. The van der Waals surface area contributed by atoms with Crippen LogP contribution in [0.15, 0.2) is 17.0 Å². The first-order valence-corrected chi connectivity index (χ1v) is 8.77. The Bertz CT molecular complexity index is 753. The number of hydrogen-bond acceptors (Lipinski definition) is 7. The molecule has 0 spiro atoms. The fraction of sp³-hybridized carbons (Fsp3) is 0.571. The first kappa shape index (κ1) is 21.4. The van der Waals surface area contributed by atoms with Crippen LogP contribution in [-0.4, -0.2) is 51.0 Å². The molecule has 0 bridgehead atoms. The van der Waals surface area contributed by atoms with Crippen molar-refractivity contribution >= 4 is 28.1 Å². The van der Waals surface area contributed by atoms with Gasteiger partial charge in [0.15, 0.2) is 16.4 Å². The van der Waals surface area contributed by atoms with Crippen LogP contribution in [0.2, 0.25) is 0 Å². The summed E-state index contributed by atoms with van der Waals surface area (Å²) in [5.74, 6) is 0.341. The third-order valence-electron chi connectivity index (χ3n) is 3.71. The van der Waals surface area contributed by atoms with E-state index in [0.717, 1.165) is 16.4 Å². The predicted molar refractivity (Wildman–Crippen MR) is 94.0 cm³/mol. The van der Waals surface area contributed by atoms with Gasteiger partial charge in [0.1, 0.15) is 13.2 Å². The Morgan fingerprint density at radius 1 is 1.28 bits per heavy atom. The maximum Gasteiger partial charge on any atom is 0.293 e. The number of ether oxygens (including phenoxy) is 2. The van der Waals surface area contributed by atoms with Gasteiger partial charge < -0.3 is 15.2 Å². The Morgan fingerprint density at radius 3 is 2.28 bits per heavy atom. The van der Waals surface area contributed by atoms with E-state index in [2.05, 4.69) is 0 Å². The highest BCUT2D eigenvalue weighted by molar-refractivity contribution is 7.89. The van der Waals surface area contributed by atoms with Crippen molar-refractivity contribution < 1.29 is 22.8 Å². The van der Waals surface area contributed by atoms with Crippen molar-refractivity contribution in [2.45, 2.75) is 18.7 Å². The zero-order chi connectivity index (χ0) is 18.1. The molecule has 1 aliphatic rings. The smallest absolute Gasteiger partial charge is 0.293 e. The molecule has 9 nitrogen and oxygen atoms in total. The lowest BCUT2D eigenvalue weighted by Gasteiger charge is -2.28. The molecule has 0 saturated heterocycles. The minimum absolute atomic E-state index is 0. The quantitative estimate of drug-likeness (QED) is 0.569. The van der Waals surface area contributed by atoms with E-state index in [-0.39, 0.29) is 50.2 Å². The molecule has 1 aromatic carbocycles. The SMILES string of the molecule is CN(CC(C)(C)CN)S(=O)(=O)c1cc2c(cc1[N+](=O)[O-])OCCO2.Cl. The Morgan fingerprint density at radius 2 is 1.80 bits per heavy atom. The summed E-state index contributed by atoms with van der Waals surface area (Å²) in [6.45, 7) is 4.53. The van der Waals surface area contributed by atoms with Crippen molar-refractivity contribution in [1.82, 2.24) is 4.31 Å². The molecule has 25 heavy (non-hydrogen) atoms. The molecule has 1 aliphatic heterocycles. The van der Waals surface area contributed by atoms with Gasteiger partial charge in [0, 0.05) is 19.7 Å². The lowest BCUT2D eigenvalue weighted by atomic mass is 9.94. The number of nitrogens with zero attached hydrogens (tertiary/aromatic N) is 2. The normalized spacial score (nSPS) is 14.1. The Kier molecular flexibility index (Phi) is 6.62. The molecule has 0 aromatic heterocycles. The largest absolute Gasteiger partial charge is 0.486 e. The van der Waals surface area contributed by atoms with Gasteiger partial charge in [-0.2, -0.15) is 0 Å². The fourth-order valence-electron chi connectivity index (χ4n) is 2.33. The van der Waals surface area contributed by atoms with Crippen molar-refractivity contribution in [3.05, 3.63) is 22.2 Å². The van der Waals surface area contributed by atoms with E-state index < -0.39 is 30.9 Å². The summed E-state index contributed by atoms with van der Waals surface area (Å²) in [4.78, 5) is 10.2. The zero-order valence-corrected chi connectivity index (χ0v) is 15.9. The van der Waals surface area contributed by atoms with E-state index >= 15 is 0 Å². The number of rotatable bonds is 6. The highest BCUT2D eigenvalue weighted by atomic mass is 35.5. The van der Waals surface area contributed by atoms with Gasteiger partial charge in [0.25, 0.3) is 5.69 Å². The van der Waals surface area contributed by atoms with Gasteiger partial charge in [0.2, 0.25) is 10.0 Å². The molecule has 2 rings (SSSR count). The molecule has 142 valence electrons. The van der Waals surface area contributed by atoms with Gasteiger partial charge in [-0.1, -0.05) is 13.8 Å². The van der Waals surface area contributed by atoms with Crippen LogP contribution < -0.4 is 15.2 Å². The average molecular weight is 396 g/mol. The second-order valence-electron chi connectivity index (χ2n) is 6.35. The molecule has 0 amide bonds. The zero-order valence-electron chi connectivity index (χ0n) is 14.2. The van der Waals surface area contributed by atoms with E-state index in [1.807, 2.05) is 13.8 Å². The van der Waals surface area contributed by atoms with Gasteiger partial charge in [-0.05, 0) is 12.0 Å². The summed E-state index contributed by atoms with van der Waals surface area (Å²) in [5.41, 5.74) is 4.63. The summed E-state index contributed by atoms with van der Waals surface area (Å²) in [5, 5.41) is 11.3. The van der Waals surface area contributed by atoms with Crippen LogP contribution in [0.1, 0.15) is 13.8 Å². The summed E-state index contributed by atoms with van der Waals surface area (Å²) >= 11 is 0. The number of hydrogen-bond donors (Lipinski definition) is 1. The minimum Gasteiger partial charge on any atom is -0.486 e. The van der Waals surface area contributed by atoms with Crippen molar-refractivity contribution in [2.24, 2.45) is 11.1 Å². The van der Waals surface area contributed by atoms with Gasteiger partial charge in [-0.3, -0.25) is 10.1 Å². The molecule has 0 atom stereocenters. The summed E-state index contributed by atoms with van der Waals surface area (Å²) < 4.78 is 37.3. The van der Waals surface area contributed by atoms with Gasteiger partial charge in [-0.25, -0.2) is 12.7 Å².